The molecule has 0 amide bonds. The molecular weight excluding hydrogens is 521 g/mol. The van der Waals surface area contributed by atoms with Crippen LogP contribution in [0.3, 0.4) is 0 Å². The number of unbranched alkanes of at least 4 members (excludes halogenated alkanes) is 34. The van der Waals surface area contributed by atoms with E-state index in [-0.39, 0.29) is 23.1 Å². The molecule has 0 aromatic carbocycles. The number of rotatable bonds is 38. The van der Waals surface area contributed by atoms with E-state index in [0.717, 1.165) is 13.2 Å². The molecule has 0 N–H and O–H groups in total. The van der Waals surface area contributed by atoms with Crippen LogP contribution in [0.1, 0.15) is 245 Å². The first-order valence-corrected chi connectivity index (χ1v) is 20.0. The van der Waals surface area contributed by atoms with Crippen molar-refractivity contribution in [1.82, 2.24) is 0 Å². The zero-order chi connectivity index (χ0) is 29.6. The van der Waals surface area contributed by atoms with Gasteiger partial charge in [-0.2, -0.15) is 0 Å². The van der Waals surface area contributed by atoms with Gasteiger partial charge in [0.1, 0.15) is 0 Å². The third-order valence-electron chi connectivity index (χ3n) is 9.28. The predicted octanol–water partition coefficient (Wildman–Crippen LogP) is 14.7. The summed E-state index contributed by atoms with van der Waals surface area (Å²) in [6, 6.07) is 0. The molecule has 0 saturated heterocycles. The van der Waals surface area contributed by atoms with Gasteiger partial charge in [0.2, 0.25) is 0 Å². The van der Waals surface area contributed by atoms with Crippen molar-refractivity contribution in [3.8, 4) is 0 Å². The molecule has 0 fully saturated rings. The van der Waals surface area contributed by atoms with Gasteiger partial charge in [-0.15, -0.1) is 0 Å². The topological polar surface area (TPSA) is 9.23 Å². The van der Waals surface area contributed by atoms with E-state index in [4.69, 9.17) is 4.74 Å². The lowest BCUT2D eigenvalue weighted by Gasteiger charge is -2.06. The van der Waals surface area contributed by atoms with E-state index in [1.165, 1.54) is 231 Å². The summed E-state index contributed by atoms with van der Waals surface area (Å²) >= 11 is 0. The Kier molecular flexibility index (Phi) is 46.8. The number of hydrogen-bond donors (Lipinski definition) is 0. The fraction of sp³-hybridized carbons (Fsp3) is 1.00. The molecule has 0 aromatic heterocycles. The molecule has 0 spiro atoms. The van der Waals surface area contributed by atoms with Crippen LogP contribution in [-0.2, 0) is 4.74 Å². The fourth-order valence-corrected chi connectivity index (χ4v) is 6.31. The largest absolute Gasteiger partial charge is 0.381 e. The summed E-state index contributed by atoms with van der Waals surface area (Å²) in [7, 11) is 0. The Morgan fingerprint density at radius 3 is 0.524 bits per heavy atom. The quantitative estimate of drug-likeness (QED) is 0.0504. The maximum absolute atomic E-state index is 5.89. The van der Waals surface area contributed by atoms with Crippen LogP contribution >= 0.6 is 0 Å². The van der Waals surface area contributed by atoms with Crippen molar-refractivity contribution in [3.63, 3.8) is 0 Å². The maximum atomic E-state index is 5.89. The van der Waals surface area contributed by atoms with Gasteiger partial charge in [0, 0.05) is 36.3 Å². The molecule has 0 unspecified atom stereocenters. The van der Waals surface area contributed by atoms with Crippen LogP contribution in [0.4, 0.5) is 0 Å². The number of hydrogen-bond acceptors (Lipinski definition) is 1. The van der Waals surface area contributed by atoms with Crippen molar-refractivity contribution < 1.29 is 4.74 Å². The van der Waals surface area contributed by atoms with Crippen molar-refractivity contribution in [2.75, 3.05) is 13.2 Å². The lowest BCUT2D eigenvalue weighted by molar-refractivity contribution is 0.125. The van der Waals surface area contributed by atoms with E-state index in [1.807, 2.05) is 0 Å². The average Bonchev–Trinajstić information content (AvgIpc) is 2.98. The van der Waals surface area contributed by atoms with Crippen molar-refractivity contribution in [2.45, 2.75) is 245 Å². The van der Waals surface area contributed by atoms with Gasteiger partial charge >= 0.3 is 0 Å². The summed E-state index contributed by atoms with van der Waals surface area (Å²) in [6.07, 6.45) is 52.0. The van der Waals surface area contributed by atoms with Gasteiger partial charge in [0.25, 0.3) is 0 Å². The standard InChI is InChI=1S/C40H82O.Mg/c1-3-5-7-9-11-13-15-17-19-21-23-25-27-29-31-33-35-37-39-41-40-38-36-34-32-30-28-26-24-22-20-18-16-14-12-10-8-6-4-2;/h3-40H2,1-2H3;. The average molecular weight is 603 g/mol. The molecule has 2 heteroatoms. The monoisotopic (exact) mass is 603 g/mol. The second-order valence-electron chi connectivity index (χ2n) is 13.6. The smallest absolute Gasteiger partial charge is 0.0466 e. The van der Waals surface area contributed by atoms with E-state index in [1.54, 1.807) is 0 Å². The molecule has 0 saturated carbocycles. The summed E-state index contributed by atoms with van der Waals surface area (Å²) in [5.74, 6) is 0. The molecule has 0 atom stereocenters. The van der Waals surface area contributed by atoms with E-state index in [9.17, 15) is 0 Å². The van der Waals surface area contributed by atoms with Crippen molar-refractivity contribution in [3.05, 3.63) is 0 Å². The van der Waals surface area contributed by atoms with E-state index in [2.05, 4.69) is 13.8 Å². The lowest BCUT2D eigenvalue weighted by atomic mass is 10.0. The fourth-order valence-electron chi connectivity index (χ4n) is 6.31. The summed E-state index contributed by atoms with van der Waals surface area (Å²) in [5, 5.41) is 0. The van der Waals surface area contributed by atoms with Crippen LogP contribution in [0.15, 0.2) is 0 Å². The molecule has 0 rings (SSSR count). The van der Waals surface area contributed by atoms with Crippen LogP contribution in [0.2, 0.25) is 0 Å². The van der Waals surface area contributed by atoms with Gasteiger partial charge in [-0.1, -0.05) is 232 Å². The molecule has 0 heterocycles. The van der Waals surface area contributed by atoms with Crippen LogP contribution in [0.5, 0.6) is 0 Å². The van der Waals surface area contributed by atoms with Gasteiger partial charge in [-0.05, 0) is 12.8 Å². The third kappa shape index (κ3) is 42.9. The Morgan fingerprint density at radius 2 is 0.357 bits per heavy atom. The highest BCUT2D eigenvalue weighted by Crippen LogP contribution is 2.16. The first-order chi connectivity index (χ1) is 20.4. The van der Waals surface area contributed by atoms with Gasteiger partial charge in [-0.3, -0.25) is 0 Å². The first-order valence-electron chi connectivity index (χ1n) is 20.0. The van der Waals surface area contributed by atoms with Crippen molar-refractivity contribution in [2.24, 2.45) is 0 Å². The lowest BCUT2D eigenvalue weighted by Crippen LogP contribution is -1.97. The highest BCUT2D eigenvalue weighted by Gasteiger charge is 1.97. The van der Waals surface area contributed by atoms with E-state index < -0.39 is 0 Å². The molecule has 0 bridgehead atoms. The Hall–Kier alpha value is 0.726. The minimum Gasteiger partial charge on any atom is -0.381 e. The van der Waals surface area contributed by atoms with Crippen LogP contribution in [0, 0.1) is 0 Å². The predicted molar refractivity (Wildman–Crippen MR) is 194 cm³/mol. The van der Waals surface area contributed by atoms with Gasteiger partial charge in [0.05, 0.1) is 0 Å². The highest BCUT2D eigenvalue weighted by molar-refractivity contribution is 5.75. The first kappa shape index (κ1) is 44.9. The molecule has 0 aliphatic carbocycles. The Morgan fingerprint density at radius 1 is 0.214 bits per heavy atom. The Bertz CT molecular complexity index is 388. The van der Waals surface area contributed by atoms with Crippen molar-refractivity contribution >= 4 is 23.1 Å². The molecule has 1 nitrogen and oxygen atoms in total. The molecule has 250 valence electrons. The third-order valence-corrected chi connectivity index (χ3v) is 9.28. The maximum Gasteiger partial charge on any atom is 0.0466 e. The zero-order valence-corrected chi connectivity index (χ0v) is 31.4. The molecule has 42 heavy (non-hydrogen) atoms. The molecule has 2 radical (unpaired) electrons. The SMILES string of the molecule is CCCCCCCCCCCCCCCCCCCCOCCCCCCCCCCCCCCCCCCCC.[Mg]. The highest BCUT2D eigenvalue weighted by atomic mass is 24.3. The van der Waals surface area contributed by atoms with Gasteiger partial charge in [0.15, 0.2) is 0 Å². The molecule has 0 aromatic rings. The minimum atomic E-state index is 0. The molecular formula is C40H82MgO. The Labute approximate surface area is 284 Å². The zero-order valence-electron chi connectivity index (χ0n) is 30.0. The summed E-state index contributed by atoms with van der Waals surface area (Å²) in [6.45, 7) is 6.61. The van der Waals surface area contributed by atoms with Crippen molar-refractivity contribution in [1.29, 1.82) is 0 Å². The molecule has 0 aliphatic heterocycles. The van der Waals surface area contributed by atoms with E-state index >= 15 is 0 Å². The second-order valence-corrected chi connectivity index (χ2v) is 13.6. The molecule has 0 aliphatic rings. The van der Waals surface area contributed by atoms with Crippen LogP contribution < -0.4 is 0 Å². The van der Waals surface area contributed by atoms with Gasteiger partial charge in [-0.25, -0.2) is 0 Å². The van der Waals surface area contributed by atoms with E-state index in [0.29, 0.717) is 0 Å². The summed E-state index contributed by atoms with van der Waals surface area (Å²) in [5.41, 5.74) is 0. The Balaban J connectivity index is 0. The minimum absolute atomic E-state index is 0. The van der Waals surface area contributed by atoms with Gasteiger partial charge < -0.3 is 4.74 Å². The summed E-state index contributed by atoms with van der Waals surface area (Å²) in [4.78, 5) is 0. The number of ether oxygens (including phenoxy) is 1. The van der Waals surface area contributed by atoms with Crippen LogP contribution in [-0.4, -0.2) is 36.3 Å². The van der Waals surface area contributed by atoms with Crippen LogP contribution in [0.25, 0.3) is 0 Å². The normalized spacial score (nSPS) is 11.3. The second kappa shape index (κ2) is 43.9. The summed E-state index contributed by atoms with van der Waals surface area (Å²) < 4.78 is 5.89.